The molecule has 2 fully saturated rings. The molecule has 1 atom stereocenters. The van der Waals surface area contributed by atoms with Crippen LogP contribution in [0.5, 0.6) is 5.75 Å². The zero-order valence-corrected chi connectivity index (χ0v) is 18.6. The molecular weight excluding hydrogens is 417 g/mol. The molecule has 4 nitrogen and oxygen atoms in total. The number of nitrogens with zero attached hydrogens (tertiary/aromatic N) is 1. The van der Waals surface area contributed by atoms with Gasteiger partial charge in [0.15, 0.2) is 0 Å². The molecule has 0 aromatic heterocycles. The van der Waals surface area contributed by atoms with Crippen molar-refractivity contribution in [2.45, 2.75) is 31.8 Å². The Morgan fingerprint density at radius 2 is 1.76 bits per heavy atom. The highest BCUT2D eigenvalue weighted by molar-refractivity contribution is 5.95. The standard InChI is InChI=1S/C28H28FNO3/c29-25-8-3-6-23(16-25)22-5-2-7-24(15-22)28(31)30(26-10-11-26)17-20-4-1-9-27(14-20)33-19-21-12-13-32-18-21/h1-9,14-16,21,26H,10-13,17-19H2/t21-/m0/s1. The average molecular weight is 446 g/mol. The molecule has 1 aliphatic heterocycles. The highest BCUT2D eigenvalue weighted by Crippen LogP contribution is 2.31. The van der Waals surface area contributed by atoms with Gasteiger partial charge in [0, 0.05) is 30.7 Å². The normalized spacial score (nSPS) is 17.7. The number of hydrogen-bond acceptors (Lipinski definition) is 3. The molecule has 1 saturated carbocycles. The average Bonchev–Trinajstić information content (AvgIpc) is 3.55. The molecule has 5 rings (SSSR count). The summed E-state index contributed by atoms with van der Waals surface area (Å²) in [4.78, 5) is 15.4. The summed E-state index contributed by atoms with van der Waals surface area (Å²) in [5.74, 6) is 0.996. The first-order chi connectivity index (χ1) is 16.2. The molecule has 1 amide bonds. The van der Waals surface area contributed by atoms with Crippen molar-refractivity contribution in [3.63, 3.8) is 0 Å². The molecular formula is C28H28FNO3. The third-order valence-electron chi connectivity index (χ3n) is 6.28. The number of ether oxygens (including phenoxy) is 2. The third-order valence-corrected chi connectivity index (χ3v) is 6.28. The first-order valence-corrected chi connectivity index (χ1v) is 11.6. The minimum Gasteiger partial charge on any atom is -0.493 e. The second-order valence-electron chi connectivity index (χ2n) is 8.94. The fourth-order valence-electron chi connectivity index (χ4n) is 4.28. The Morgan fingerprint density at radius 3 is 2.52 bits per heavy atom. The van der Waals surface area contributed by atoms with E-state index >= 15 is 0 Å². The maximum atomic E-state index is 13.7. The van der Waals surface area contributed by atoms with E-state index in [1.807, 2.05) is 59.5 Å². The predicted octanol–water partition coefficient (Wildman–Crippen LogP) is 5.71. The van der Waals surface area contributed by atoms with E-state index in [0.717, 1.165) is 54.9 Å². The Bertz CT molecular complexity index is 1120. The number of amides is 1. The predicted molar refractivity (Wildman–Crippen MR) is 126 cm³/mol. The summed E-state index contributed by atoms with van der Waals surface area (Å²) in [5, 5.41) is 0. The quantitative estimate of drug-likeness (QED) is 0.446. The van der Waals surface area contributed by atoms with E-state index in [1.165, 1.54) is 12.1 Å². The lowest BCUT2D eigenvalue weighted by atomic mass is 10.0. The Hall–Kier alpha value is -3.18. The summed E-state index contributed by atoms with van der Waals surface area (Å²) in [6, 6.07) is 22.2. The van der Waals surface area contributed by atoms with Crippen molar-refractivity contribution < 1.29 is 18.7 Å². The highest BCUT2D eigenvalue weighted by atomic mass is 19.1. The molecule has 3 aromatic carbocycles. The number of carbonyl (C=O) groups excluding carboxylic acids is 1. The lowest BCUT2D eigenvalue weighted by molar-refractivity contribution is 0.0729. The highest BCUT2D eigenvalue weighted by Gasteiger charge is 2.33. The van der Waals surface area contributed by atoms with Crippen molar-refractivity contribution >= 4 is 5.91 Å². The van der Waals surface area contributed by atoms with Gasteiger partial charge in [-0.3, -0.25) is 4.79 Å². The summed E-state index contributed by atoms with van der Waals surface area (Å²) in [7, 11) is 0. The maximum Gasteiger partial charge on any atom is 0.254 e. The van der Waals surface area contributed by atoms with Crippen molar-refractivity contribution in [1.82, 2.24) is 4.90 Å². The molecule has 5 heteroatoms. The Morgan fingerprint density at radius 1 is 0.970 bits per heavy atom. The van der Waals surface area contributed by atoms with Crippen molar-refractivity contribution in [3.05, 3.63) is 89.7 Å². The van der Waals surface area contributed by atoms with Gasteiger partial charge in [0.1, 0.15) is 11.6 Å². The lowest BCUT2D eigenvalue weighted by Crippen LogP contribution is -2.32. The zero-order chi connectivity index (χ0) is 22.6. The summed E-state index contributed by atoms with van der Waals surface area (Å²) < 4.78 is 25.1. The van der Waals surface area contributed by atoms with Crippen molar-refractivity contribution in [2.75, 3.05) is 19.8 Å². The van der Waals surface area contributed by atoms with Crippen LogP contribution in [-0.4, -0.2) is 36.7 Å². The molecule has 1 aliphatic carbocycles. The number of benzene rings is 3. The van der Waals surface area contributed by atoms with Gasteiger partial charge < -0.3 is 14.4 Å². The molecule has 0 radical (unpaired) electrons. The van der Waals surface area contributed by atoms with Crippen LogP contribution < -0.4 is 4.74 Å². The molecule has 3 aromatic rings. The second-order valence-corrected chi connectivity index (χ2v) is 8.94. The molecule has 0 unspecified atom stereocenters. The number of hydrogen-bond donors (Lipinski definition) is 0. The van der Waals surface area contributed by atoms with Crippen LogP contribution in [0.2, 0.25) is 0 Å². The van der Waals surface area contributed by atoms with E-state index in [4.69, 9.17) is 9.47 Å². The number of carbonyl (C=O) groups is 1. The van der Waals surface area contributed by atoms with Gasteiger partial charge in [-0.1, -0.05) is 36.4 Å². The minimum atomic E-state index is -0.286. The molecule has 170 valence electrons. The van der Waals surface area contributed by atoms with Crippen LogP contribution >= 0.6 is 0 Å². The minimum absolute atomic E-state index is 0.00480. The van der Waals surface area contributed by atoms with Crippen molar-refractivity contribution in [2.24, 2.45) is 5.92 Å². The molecule has 0 bridgehead atoms. The van der Waals surface area contributed by atoms with Crippen LogP contribution in [0.15, 0.2) is 72.8 Å². The Labute approximate surface area is 193 Å². The van der Waals surface area contributed by atoms with Gasteiger partial charge in [-0.25, -0.2) is 4.39 Å². The molecule has 1 heterocycles. The fourth-order valence-corrected chi connectivity index (χ4v) is 4.28. The van der Waals surface area contributed by atoms with E-state index in [-0.39, 0.29) is 17.8 Å². The van der Waals surface area contributed by atoms with Crippen LogP contribution in [0.3, 0.4) is 0 Å². The van der Waals surface area contributed by atoms with Crippen LogP contribution in [0.4, 0.5) is 4.39 Å². The number of halogens is 1. The van der Waals surface area contributed by atoms with Gasteiger partial charge in [0.25, 0.3) is 5.91 Å². The Kier molecular flexibility index (Phi) is 6.40. The summed E-state index contributed by atoms with van der Waals surface area (Å²) in [5.41, 5.74) is 3.27. The van der Waals surface area contributed by atoms with E-state index in [1.54, 1.807) is 6.07 Å². The monoisotopic (exact) mass is 445 g/mol. The molecule has 2 aliphatic rings. The topological polar surface area (TPSA) is 38.8 Å². The third kappa shape index (κ3) is 5.42. The van der Waals surface area contributed by atoms with E-state index in [2.05, 4.69) is 0 Å². The van der Waals surface area contributed by atoms with Crippen LogP contribution in [0, 0.1) is 11.7 Å². The van der Waals surface area contributed by atoms with Crippen LogP contribution in [0.25, 0.3) is 11.1 Å². The van der Waals surface area contributed by atoms with Gasteiger partial charge in [0.05, 0.1) is 13.2 Å². The first kappa shape index (κ1) is 21.7. The fraction of sp³-hybridized carbons (Fsp3) is 0.321. The molecule has 0 N–H and O–H groups in total. The van der Waals surface area contributed by atoms with Crippen LogP contribution in [-0.2, 0) is 11.3 Å². The molecule has 1 saturated heterocycles. The zero-order valence-electron chi connectivity index (χ0n) is 18.6. The number of rotatable bonds is 8. The summed E-state index contributed by atoms with van der Waals surface area (Å²) in [6.45, 7) is 2.77. The van der Waals surface area contributed by atoms with E-state index in [0.29, 0.717) is 24.6 Å². The van der Waals surface area contributed by atoms with Crippen LogP contribution in [0.1, 0.15) is 35.2 Å². The van der Waals surface area contributed by atoms with Gasteiger partial charge in [-0.05, 0) is 72.4 Å². The van der Waals surface area contributed by atoms with E-state index < -0.39 is 0 Å². The summed E-state index contributed by atoms with van der Waals surface area (Å²) >= 11 is 0. The molecule has 33 heavy (non-hydrogen) atoms. The van der Waals surface area contributed by atoms with Crippen molar-refractivity contribution in [3.8, 4) is 16.9 Å². The van der Waals surface area contributed by atoms with Gasteiger partial charge in [-0.2, -0.15) is 0 Å². The smallest absolute Gasteiger partial charge is 0.254 e. The lowest BCUT2D eigenvalue weighted by Gasteiger charge is -2.23. The SMILES string of the molecule is O=C(c1cccc(-c2cccc(F)c2)c1)N(Cc1cccc(OC[C@H]2CCOC2)c1)C1CC1. The summed E-state index contributed by atoms with van der Waals surface area (Å²) in [6.07, 6.45) is 3.08. The first-order valence-electron chi connectivity index (χ1n) is 11.6. The molecule has 0 spiro atoms. The second kappa shape index (κ2) is 9.75. The van der Waals surface area contributed by atoms with E-state index in [9.17, 15) is 9.18 Å². The van der Waals surface area contributed by atoms with Crippen molar-refractivity contribution in [1.29, 1.82) is 0 Å². The maximum absolute atomic E-state index is 13.7. The Balaban J connectivity index is 1.31. The largest absolute Gasteiger partial charge is 0.493 e. The van der Waals surface area contributed by atoms with Gasteiger partial charge in [-0.15, -0.1) is 0 Å². The van der Waals surface area contributed by atoms with Gasteiger partial charge >= 0.3 is 0 Å². The van der Waals surface area contributed by atoms with Gasteiger partial charge in [0.2, 0.25) is 0 Å².